The molecule has 0 aromatic heterocycles. The zero-order chi connectivity index (χ0) is 19.4. The highest BCUT2D eigenvalue weighted by atomic mass is 32.2. The van der Waals surface area contributed by atoms with Crippen molar-refractivity contribution >= 4 is 19.7 Å². The Balaban J connectivity index is 2.20. The molecular weight excluding hydrogens is 372 g/mol. The Morgan fingerprint density at radius 2 is 1.81 bits per heavy atom. The van der Waals surface area contributed by atoms with Crippen LogP contribution in [0.1, 0.15) is 30.1 Å². The molecule has 26 heavy (non-hydrogen) atoms. The standard InChI is InChI=1S/C18H24N2O4S2/c1-3-17(15-4-6-16(7-5-15)25(2,21)22)26(23,24)13-10-18(14-19)8-11-20-12-9-18/h3-7,17,20H,1,8-13H2,2H3. The van der Waals surface area contributed by atoms with Crippen LogP contribution in [0.3, 0.4) is 0 Å². The van der Waals surface area contributed by atoms with Gasteiger partial charge in [-0.15, -0.1) is 6.58 Å². The summed E-state index contributed by atoms with van der Waals surface area (Å²) in [5.74, 6) is -0.106. The van der Waals surface area contributed by atoms with Gasteiger partial charge in [-0.2, -0.15) is 5.26 Å². The fourth-order valence-corrected chi connectivity index (χ4v) is 5.61. The van der Waals surface area contributed by atoms with Gasteiger partial charge in [-0.1, -0.05) is 18.2 Å². The largest absolute Gasteiger partial charge is 0.317 e. The summed E-state index contributed by atoms with van der Waals surface area (Å²) in [6.45, 7) is 5.06. The Morgan fingerprint density at radius 1 is 1.23 bits per heavy atom. The Kier molecular flexibility index (Phi) is 6.27. The molecule has 1 unspecified atom stereocenters. The summed E-state index contributed by atoms with van der Waals surface area (Å²) >= 11 is 0. The first-order valence-corrected chi connectivity index (χ1v) is 12.0. The molecule has 1 atom stereocenters. The van der Waals surface area contributed by atoms with Crippen LogP contribution in [-0.2, 0) is 19.7 Å². The maximum Gasteiger partial charge on any atom is 0.175 e. The summed E-state index contributed by atoms with van der Waals surface area (Å²) < 4.78 is 48.8. The van der Waals surface area contributed by atoms with E-state index < -0.39 is 30.3 Å². The normalized spacial score (nSPS) is 18.6. The number of benzene rings is 1. The van der Waals surface area contributed by atoms with E-state index in [9.17, 15) is 22.1 Å². The quantitative estimate of drug-likeness (QED) is 0.707. The van der Waals surface area contributed by atoms with E-state index in [1.54, 1.807) is 0 Å². The lowest BCUT2D eigenvalue weighted by Crippen LogP contribution is -2.37. The Morgan fingerprint density at radius 3 is 2.27 bits per heavy atom. The second-order valence-corrected chi connectivity index (χ2v) is 11.0. The zero-order valence-electron chi connectivity index (χ0n) is 14.8. The number of nitriles is 1. The van der Waals surface area contributed by atoms with E-state index in [2.05, 4.69) is 18.0 Å². The van der Waals surface area contributed by atoms with E-state index in [4.69, 9.17) is 0 Å². The molecule has 1 N–H and O–H groups in total. The number of hydrogen-bond donors (Lipinski definition) is 1. The van der Waals surface area contributed by atoms with Crippen LogP contribution in [-0.4, -0.2) is 41.9 Å². The fraction of sp³-hybridized carbons (Fsp3) is 0.500. The molecule has 8 heteroatoms. The molecule has 1 heterocycles. The minimum Gasteiger partial charge on any atom is -0.317 e. The zero-order valence-corrected chi connectivity index (χ0v) is 16.4. The molecule has 1 aliphatic heterocycles. The number of nitrogens with zero attached hydrogens (tertiary/aromatic N) is 1. The minimum atomic E-state index is -3.56. The van der Waals surface area contributed by atoms with Gasteiger partial charge >= 0.3 is 0 Å². The molecule has 0 amide bonds. The summed E-state index contributed by atoms with van der Waals surface area (Å²) in [5.41, 5.74) is -0.131. The van der Waals surface area contributed by atoms with Gasteiger partial charge in [-0.05, 0) is 50.0 Å². The summed E-state index contributed by atoms with van der Waals surface area (Å²) in [6.07, 6.45) is 4.03. The monoisotopic (exact) mass is 396 g/mol. The number of piperidine rings is 1. The predicted octanol–water partition coefficient (Wildman–Crippen LogP) is 2.02. The summed E-state index contributed by atoms with van der Waals surface area (Å²) in [5, 5.41) is 11.8. The van der Waals surface area contributed by atoms with Crippen molar-refractivity contribution in [1.82, 2.24) is 5.32 Å². The average molecular weight is 397 g/mol. The van der Waals surface area contributed by atoms with E-state index in [1.807, 2.05) is 0 Å². The van der Waals surface area contributed by atoms with Gasteiger partial charge in [0.1, 0.15) is 5.25 Å². The third-order valence-electron chi connectivity index (χ3n) is 4.90. The van der Waals surface area contributed by atoms with Crippen molar-refractivity contribution in [1.29, 1.82) is 5.26 Å². The molecule has 1 aliphatic rings. The molecule has 2 rings (SSSR count). The smallest absolute Gasteiger partial charge is 0.175 e. The molecule has 6 nitrogen and oxygen atoms in total. The van der Waals surface area contributed by atoms with Crippen molar-refractivity contribution in [3.05, 3.63) is 42.5 Å². The van der Waals surface area contributed by atoms with Crippen molar-refractivity contribution in [2.45, 2.75) is 29.4 Å². The van der Waals surface area contributed by atoms with Crippen LogP contribution in [0.4, 0.5) is 0 Å². The van der Waals surface area contributed by atoms with Crippen LogP contribution in [0.25, 0.3) is 0 Å². The third-order valence-corrected chi connectivity index (χ3v) is 8.04. The number of hydrogen-bond acceptors (Lipinski definition) is 6. The molecular formula is C18H24N2O4S2. The Labute approximate surface area is 155 Å². The van der Waals surface area contributed by atoms with Crippen LogP contribution in [0.15, 0.2) is 41.8 Å². The third kappa shape index (κ3) is 4.72. The fourth-order valence-electron chi connectivity index (χ4n) is 3.18. The average Bonchev–Trinajstić information content (AvgIpc) is 2.61. The highest BCUT2D eigenvalue weighted by Crippen LogP contribution is 2.34. The maximum atomic E-state index is 12.8. The van der Waals surface area contributed by atoms with Crippen molar-refractivity contribution in [3.63, 3.8) is 0 Å². The van der Waals surface area contributed by atoms with Gasteiger partial charge in [0.25, 0.3) is 0 Å². The van der Waals surface area contributed by atoms with Gasteiger partial charge in [-0.25, -0.2) is 16.8 Å². The molecule has 1 fully saturated rings. The Bertz CT molecular complexity index is 892. The first kappa shape index (κ1) is 20.6. The van der Waals surface area contributed by atoms with Gasteiger partial charge in [0, 0.05) is 6.26 Å². The number of sulfone groups is 2. The van der Waals surface area contributed by atoms with Crippen LogP contribution in [0.5, 0.6) is 0 Å². The van der Waals surface area contributed by atoms with Gasteiger partial charge in [0.05, 0.1) is 22.1 Å². The van der Waals surface area contributed by atoms with Gasteiger partial charge < -0.3 is 5.32 Å². The van der Waals surface area contributed by atoms with E-state index in [-0.39, 0.29) is 10.6 Å². The lowest BCUT2D eigenvalue weighted by atomic mass is 9.78. The molecule has 0 spiro atoms. The van der Waals surface area contributed by atoms with Crippen molar-refractivity contribution in [3.8, 4) is 6.07 Å². The first-order chi connectivity index (χ1) is 12.1. The SMILES string of the molecule is C=CC(c1ccc(S(C)(=O)=O)cc1)S(=O)(=O)CCC1(C#N)CCNCC1. The molecule has 1 aromatic rings. The molecule has 0 bridgehead atoms. The van der Waals surface area contributed by atoms with Crippen LogP contribution in [0.2, 0.25) is 0 Å². The maximum absolute atomic E-state index is 12.8. The van der Waals surface area contributed by atoms with E-state index in [0.717, 1.165) is 6.26 Å². The van der Waals surface area contributed by atoms with Gasteiger partial charge in [-0.3, -0.25) is 0 Å². The Hall–Kier alpha value is -1.69. The summed E-state index contributed by atoms with van der Waals surface area (Å²) in [7, 11) is -6.90. The van der Waals surface area contributed by atoms with E-state index in [1.165, 1.54) is 30.3 Å². The van der Waals surface area contributed by atoms with Gasteiger partial charge in [0.2, 0.25) is 0 Å². The lowest BCUT2D eigenvalue weighted by molar-refractivity contribution is 0.273. The highest BCUT2D eigenvalue weighted by molar-refractivity contribution is 7.91. The second-order valence-electron chi connectivity index (χ2n) is 6.76. The van der Waals surface area contributed by atoms with Crippen LogP contribution in [0, 0.1) is 16.7 Å². The summed E-state index contributed by atoms with van der Waals surface area (Å²) in [6, 6.07) is 8.13. The van der Waals surface area contributed by atoms with Gasteiger partial charge in [0.15, 0.2) is 19.7 Å². The van der Waals surface area contributed by atoms with Crippen LogP contribution < -0.4 is 5.32 Å². The molecule has 142 valence electrons. The van der Waals surface area contributed by atoms with Crippen molar-refractivity contribution in [2.75, 3.05) is 25.1 Å². The highest BCUT2D eigenvalue weighted by Gasteiger charge is 2.35. The topological polar surface area (TPSA) is 104 Å². The van der Waals surface area contributed by atoms with E-state index in [0.29, 0.717) is 37.9 Å². The second kappa shape index (κ2) is 7.91. The van der Waals surface area contributed by atoms with Crippen LogP contribution >= 0.6 is 0 Å². The van der Waals surface area contributed by atoms with E-state index >= 15 is 0 Å². The molecule has 1 aromatic carbocycles. The number of rotatable bonds is 7. The van der Waals surface area contributed by atoms with Crippen molar-refractivity contribution < 1.29 is 16.8 Å². The minimum absolute atomic E-state index is 0.106. The predicted molar refractivity (Wildman–Crippen MR) is 101 cm³/mol. The first-order valence-electron chi connectivity index (χ1n) is 8.40. The number of nitrogens with one attached hydrogen (secondary N) is 1. The van der Waals surface area contributed by atoms with Crippen molar-refractivity contribution in [2.24, 2.45) is 5.41 Å². The molecule has 0 radical (unpaired) electrons. The summed E-state index contributed by atoms with van der Waals surface area (Å²) in [4.78, 5) is 0.139. The molecule has 0 aliphatic carbocycles. The molecule has 1 saturated heterocycles. The lowest BCUT2D eigenvalue weighted by Gasteiger charge is -2.31. The molecule has 0 saturated carbocycles.